The molecule has 2 rings (SSSR count). The molecule has 0 saturated carbocycles. The van der Waals surface area contributed by atoms with Crippen molar-refractivity contribution < 1.29 is 0 Å². The lowest BCUT2D eigenvalue weighted by Crippen LogP contribution is -2.21. The molecule has 0 atom stereocenters. The molecule has 0 bridgehead atoms. The molecule has 0 N–H and O–H groups in total. The summed E-state index contributed by atoms with van der Waals surface area (Å²) >= 11 is 11.3. The van der Waals surface area contributed by atoms with E-state index in [2.05, 4.69) is 9.97 Å². The maximum absolute atomic E-state index is 11.7. The first-order valence-electron chi connectivity index (χ1n) is 4.48. The topological polar surface area (TPSA) is 47.8 Å². The number of hydrogen-bond donors (Lipinski definition) is 0. The van der Waals surface area contributed by atoms with Crippen LogP contribution in [0.25, 0.3) is 0 Å². The van der Waals surface area contributed by atoms with E-state index in [1.165, 1.54) is 10.9 Å². The predicted octanol–water partition coefficient (Wildman–Crippen LogP) is 1.99. The molecule has 4 nitrogen and oxygen atoms in total. The number of rotatable bonds is 2. The van der Waals surface area contributed by atoms with Gasteiger partial charge in [0.25, 0.3) is 5.56 Å². The number of pyridine rings is 1. The van der Waals surface area contributed by atoms with E-state index in [1.807, 2.05) is 12.1 Å². The van der Waals surface area contributed by atoms with Crippen molar-refractivity contribution >= 4 is 23.2 Å². The Balaban J connectivity index is 2.37. The Bertz CT molecular complexity index is 554. The lowest BCUT2D eigenvalue weighted by Gasteiger charge is -2.05. The van der Waals surface area contributed by atoms with Gasteiger partial charge in [-0.1, -0.05) is 23.2 Å². The molecule has 2 aromatic rings. The second-order valence-electron chi connectivity index (χ2n) is 3.14. The van der Waals surface area contributed by atoms with E-state index in [0.29, 0.717) is 6.54 Å². The first-order valence-corrected chi connectivity index (χ1v) is 5.23. The summed E-state index contributed by atoms with van der Waals surface area (Å²) in [6.45, 7) is 0.394. The molecule has 0 aliphatic rings. The predicted molar refractivity (Wildman–Crippen MR) is 61.9 cm³/mol. The van der Waals surface area contributed by atoms with Crippen LogP contribution in [0.3, 0.4) is 0 Å². The zero-order valence-corrected chi connectivity index (χ0v) is 9.61. The van der Waals surface area contributed by atoms with E-state index in [1.54, 1.807) is 12.4 Å². The zero-order valence-electron chi connectivity index (χ0n) is 8.10. The van der Waals surface area contributed by atoms with E-state index in [-0.39, 0.29) is 15.7 Å². The summed E-state index contributed by atoms with van der Waals surface area (Å²) in [7, 11) is 0. The summed E-state index contributed by atoms with van der Waals surface area (Å²) in [4.78, 5) is 19.4. The van der Waals surface area contributed by atoms with Gasteiger partial charge < -0.3 is 0 Å². The summed E-state index contributed by atoms with van der Waals surface area (Å²) in [5.74, 6) is 0. The van der Waals surface area contributed by atoms with Crippen molar-refractivity contribution in [3.8, 4) is 0 Å². The van der Waals surface area contributed by atoms with Crippen molar-refractivity contribution in [1.82, 2.24) is 14.5 Å². The molecule has 0 spiro atoms. The van der Waals surface area contributed by atoms with Gasteiger partial charge in [-0.05, 0) is 17.7 Å². The number of nitrogens with zero attached hydrogens (tertiary/aromatic N) is 3. The highest BCUT2D eigenvalue weighted by Gasteiger charge is 2.07. The molecule has 0 fully saturated rings. The molecular formula is C10H7Cl2N3O. The van der Waals surface area contributed by atoms with Gasteiger partial charge >= 0.3 is 0 Å². The fourth-order valence-electron chi connectivity index (χ4n) is 1.24. The Morgan fingerprint density at radius 2 is 1.94 bits per heavy atom. The van der Waals surface area contributed by atoms with E-state index in [0.717, 1.165) is 5.56 Å². The van der Waals surface area contributed by atoms with Crippen LogP contribution in [-0.2, 0) is 6.54 Å². The Kier molecular flexibility index (Phi) is 3.22. The molecule has 0 amide bonds. The van der Waals surface area contributed by atoms with Crippen LogP contribution in [0.15, 0.2) is 35.6 Å². The Morgan fingerprint density at radius 3 is 2.62 bits per heavy atom. The van der Waals surface area contributed by atoms with Crippen molar-refractivity contribution in [2.45, 2.75) is 6.54 Å². The van der Waals surface area contributed by atoms with Crippen LogP contribution in [0.1, 0.15) is 5.56 Å². The standard InChI is InChI=1S/C10H7Cl2N3O/c11-8-9(12)14-6-15(10(8)16)5-7-1-3-13-4-2-7/h1-4,6H,5H2. The highest BCUT2D eigenvalue weighted by Crippen LogP contribution is 2.12. The molecule has 0 aliphatic carbocycles. The third-order valence-electron chi connectivity index (χ3n) is 2.04. The van der Waals surface area contributed by atoms with Crippen molar-refractivity contribution in [3.63, 3.8) is 0 Å². The maximum Gasteiger partial charge on any atom is 0.273 e. The molecule has 16 heavy (non-hydrogen) atoms. The molecule has 0 unspecified atom stereocenters. The number of halogens is 2. The second kappa shape index (κ2) is 4.63. The smallest absolute Gasteiger partial charge is 0.273 e. The average molecular weight is 256 g/mol. The third kappa shape index (κ3) is 2.23. The van der Waals surface area contributed by atoms with Crippen LogP contribution in [-0.4, -0.2) is 14.5 Å². The number of aromatic nitrogens is 3. The van der Waals surface area contributed by atoms with Gasteiger partial charge in [0.05, 0.1) is 12.9 Å². The van der Waals surface area contributed by atoms with Crippen LogP contribution in [0, 0.1) is 0 Å². The normalized spacial score (nSPS) is 10.4. The fourth-order valence-corrected chi connectivity index (χ4v) is 1.52. The molecule has 0 saturated heterocycles. The molecular weight excluding hydrogens is 249 g/mol. The van der Waals surface area contributed by atoms with E-state index in [4.69, 9.17) is 23.2 Å². The average Bonchev–Trinajstić information content (AvgIpc) is 2.31. The summed E-state index contributed by atoms with van der Waals surface area (Å²) < 4.78 is 1.39. The number of hydrogen-bond acceptors (Lipinski definition) is 3. The highest BCUT2D eigenvalue weighted by atomic mass is 35.5. The van der Waals surface area contributed by atoms with E-state index in [9.17, 15) is 4.79 Å². The minimum atomic E-state index is -0.349. The van der Waals surface area contributed by atoms with Crippen molar-refractivity contribution in [2.24, 2.45) is 0 Å². The molecule has 0 aromatic carbocycles. The summed E-state index contributed by atoms with van der Waals surface area (Å²) in [5, 5.41) is -0.0316. The zero-order chi connectivity index (χ0) is 11.5. The molecule has 0 radical (unpaired) electrons. The van der Waals surface area contributed by atoms with Gasteiger partial charge in [0, 0.05) is 12.4 Å². The van der Waals surface area contributed by atoms with Gasteiger partial charge in [-0.2, -0.15) is 0 Å². The first-order chi connectivity index (χ1) is 7.68. The Morgan fingerprint density at radius 1 is 1.25 bits per heavy atom. The molecule has 2 heterocycles. The second-order valence-corrected chi connectivity index (χ2v) is 3.87. The SMILES string of the molecule is O=c1c(Cl)c(Cl)ncn1Cc1ccncc1. The molecule has 6 heteroatoms. The third-order valence-corrected chi connectivity index (χ3v) is 2.77. The van der Waals surface area contributed by atoms with Gasteiger partial charge in [0.2, 0.25) is 0 Å². The maximum atomic E-state index is 11.7. The molecule has 82 valence electrons. The van der Waals surface area contributed by atoms with Crippen molar-refractivity contribution in [1.29, 1.82) is 0 Å². The van der Waals surface area contributed by atoms with Gasteiger partial charge in [-0.3, -0.25) is 14.3 Å². The minimum Gasteiger partial charge on any atom is -0.293 e. The van der Waals surface area contributed by atoms with Crippen LogP contribution < -0.4 is 5.56 Å². The van der Waals surface area contributed by atoms with Gasteiger partial charge in [0.1, 0.15) is 5.02 Å². The Hall–Kier alpha value is -1.39. The summed E-state index contributed by atoms with van der Waals surface area (Å²) in [6, 6.07) is 3.63. The highest BCUT2D eigenvalue weighted by molar-refractivity contribution is 6.40. The van der Waals surface area contributed by atoms with Crippen LogP contribution in [0.2, 0.25) is 10.2 Å². The molecule has 2 aromatic heterocycles. The lowest BCUT2D eigenvalue weighted by atomic mass is 10.3. The lowest BCUT2D eigenvalue weighted by molar-refractivity contribution is 0.735. The van der Waals surface area contributed by atoms with Crippen LogP contribution in [0.5, 0.6) is 0 Å². The summed E-state index contributed by atoms with van der Waals surface area (Å²) in [5.41, 5.74) is 0.593. The van der Waals surface area contributed by atoms with Crippen molar-refractivity contribution in [2.75, 3.05) is 0 Å². The largest absolute Gasteiger partial charge is 0.293 e. The molecule has 0 aliphatic heterocycles. The first kappa shape index (κ1) is 11.1. The van der Waals surface area contributed by atoms with Crippen LogP contribution >= 0.6 is 23.2 Å². The minimum absolute atomic E-state index is 0.0256. The van der Waals surface area contributed by atoms with Gasteiger partial charge in [-0.25, -0.2) is 4.98 Å². The fraction of sp³-hybridized carbons (Fsp3) is 0.100. The van der Waals surface area contributed by atoms with E-state index < -0.39 is 0 Å². The van der Waals surface area contributed by atoms with Gasteiger partial charge in [0.15, 0.2) is 5.15 Å². The Labute approximate surface area is 101 Å². The van der Waals surface area contributed by atoms with Gasteiger partial charge in [-0.15, -0.1) is 0 Å². The van der Waals surface area contributed by atoms with Crippen molar-refractivity contribution in [3.05, 3.63) is 56.9 Å². The monoisotopic (exact) mass is 255 g/mol. The van der Waals surface area contributed by atoms with E-state index >= 15 is 0 Å². The van der Waals surface area contributed by atoms with Crippen LogP contribution in [0.4, 0.5) is 0 Å². The summed E-state index contributed by atoms with van der Waals surface area (Å²) in [6.07, 6.45) is 4.69. The quantitative estimate of drug-likeness (QED) is 0.772.